The van der Waals surface area contributed by atoms with Crippen LogP contribution in [0, 0.1) is 0 Å². The minimum Gasteiger partial charge on any atom is -0.435 e. The SMILES string of the molecule is CN=C(N)c1ccc(-c2nc3c4ccccc4c4ccccc4c3o2)cc1. The first-order valence-electron chi connectivity index (χ1n) is 8.79. The van der Waals surface area contributed by atoms with Crippen LogP contribution >= 0.6 is 0 Å². The number of amidine groups is 1. The molecular weight excluding hydrogens is 334 g/mol. The molecule has 0 aliphatic rings. The molecule has 4 aromatic carbocycles. The normalized spacial score (nSPS) is 12.3. The van der Waals surface area contributed by atoms with E-state index >= 15 is 0 Å². The molecule has 0 amide bonds. The first-order chi connectivity index (χ1) is 13.3. The minimum absolute atomic E-state index is 0.510. The maximum absolute atomic E-state index is 6.23. The largest absolute Gasteiger partial charge is 0.435 e. The van der Waals surface area contributed by atoms with E-state index in [9.17, 15) is 0 Å². The van der Waals surface area contributed by atoms with Gasteiger partial charge in [-0.25, -0.2) is 4.98 Å². The van der Waals surface area contributed by atoms with E-state index in [-0.39, 0.29) is 0 Å². The molecule has 27 heavy (non-hydrogen) atoms. The third-order valence-corrected chi connectivity index (χ3v) is 4.94. The third kappa shape index (κ3) is 2.38. The van der Waals surface area contributed by atoms with E-state index in [1.807, 2.05) is 36.4 Å². The maximum Gasteiger partial charge on any atom is 0.227 e. The Bertz CT molecular complexity index is 1260. The molecule has 0 saturated carbocycles. The number of hydrogen-bond donors (Lipinski definition) is 1. The molecule has 0 unspecified atom stereocenters. The van der Waals surface area contributed by atoms with Gasteiger partial charge in [0.25, 0.3) is 0 Å². The molecule has 2 N–H and O–H groups in total. The molecule has 5 aromatic rings. The van der Waals surface area contributed by atoms with Crippen molar-refractivity contribution in [2.45, 2.75) is 0 Å². The van der Waals surface area contributed by atoms with Crippen LogP contribution in [0.25, 0.3) is 44.1 Å². The summed E-state index contributed by atoms with van der Waals surface area (Å²) in [6, 6.07) is 24.4. The molecule has 0 bridgehead atoms. The van der Waals surface area contributed by atoms with Crippen LogP contribution < -0.4 is 5.73 Å². The second-order valence-electron chi connectivity index (χ2n) is 6.47. The van der Waals surface area contributed by atoms with Crippen molar-refractivity contribution in [3.05, 3.63) is 78.4 Å². The zero-order chi connectivity index (χ0) is 18.4. The second kappa shape index (κ2) is 5.95. The van der Waals surface area contributed by atoms with Gasteiger partial charge < -0.3 is 10.2 Å². The lowest BCUT2D eigenvalue weighted by Gasteiger charge is -2.04. The van der Waals surface area contributed by atoms with E-state index in [1.54, 1.807) is 7.05 Å². The van der Waals surface area contributed by atoms with Crippen molar-refractivity contribution in [1.29, 1.82) is 0 Å². The molecule has 0 atom stereocenters. The van der Waals surface area contributed by atoms with E-state index in [4.69, 9.17) is 15.1 Å². The molecule has 5 rings (SSSR count). The van der Waals surface area contributed by atoms with Crippen molar-refractivity contribution in [1.82, 2.24) is 4.98 Å². The second-order valence-corrected chi connectivity index (χ2v) is 6.47. The number of aromatic nitrogens is 1. The van der Waals surface area contributed by atoms with Crippen molar-refractivity contribution >= 4 is 38.5 Å². The standard InChI is InChI=1S/C23H17N3O/c1-25-22(24)14-10-12-15(13-11-14)23-26-20-18-8-4-2-6-16(18)17-7-3-5-9-19(17)21(20)27-23/h2-13H,1H3,(H2,24,25). The van der Waals surface area contributed by atoms with Crippen molar-refractivity contribution in [3.63, 3.8) is 0 Å². The van der Waals surface area contributed by atoms with E-state index in [1.165, 1.54) is 10.8 Å². The van der Waals surface area contributed by atoms with Gasteiger partial charge in [-0.2, -0.15) is 0 Å². The van der Waals surface area contributed by atoms with Crippen LogP contribution in [0.5, 0.6) is 0 Å². The van der Waals surface area contributed by atoms with Crippen LogP contribution in [0.1, 0.15) is 5.56 Å². The topological polar surface area (TPSA) is 64.4 Å². The highest BCUT2D eigenvalue weighted by molar-refractivity contribution is 6.22. The Morgan fingerprint density at radius 1 is 0.815 bits per heavy atom. The molecule has 0 saturated heterocycles. The van der Waals surface area contributed by atoms with Gasteiger partial charge in [0.1, 0.15) is 11.4 Å². The van der Waals surface area contributed by atoms with Crippen LogP contribution in [0.15, 0.2) is 82.2 Å². The number of nitrogens with two attached hydrogens (primary N) is 1. The fraction of sp³-hybridized carbons (Fsp3) is 0.0435. The Kier molecular flexibility index (Phi) is 3.44. The third-order valence-electron chi connectivity index (χ3n) is 4.94. The van der Waals surface area contributed by atoms with Crippen molar-refractivity contribution in [2.24, 2.45) is 10.7 Å². The molecule has 0 aliphatic heterocycles. The average molecular weight is 351 g/mol. The predicted octanol–water partition coefficient (Wildman–Crippen LogP) is 5.14. The molecule has 4 nitrogen and oxygen atoms in total. The monoisotopic (exact) mass is 351 g/mol. The fourth-order valence-corrected chi connectivity index (χ4v) is 3.56. The summed E-state index contributed by atoms with van der Waals surface area (Å²) in [6.07, 6.45) is 0. The van der Waals surface area contributed by atoms with Gasteiger partial charge in [0.05, 0.1) is 0 Å². The molecule has 1 heterocycles. The Morgan fingerprint density at radius 2 is 1.41 bits per heavy atom. The summed E-state index contributed by atoms with van der Waals surface area (Å²) in [4.78, 5) is 8.85. The maximum atomic E-state index is 6.23. The average Bonchev–Trinajstić information content (AvgIpc) is 3.19. The van der Waals surface area contributed by atoms with Gasteiger partial charge in [0.15, 0.2) is 5.58 Å². The highest BCUT2D eigenvalue weighted by Crippen LogP contribution is 2.36. The van der Waals surface area contributed by atoms with Gasteiger partial charge in [0.2, 0.25) is 5.89 Å². The molecule has 0 aliphatic carbocycles. The first-order valence-corrected chi connectivity index (χ1v) is 8.79. The zero-order valence-electron chi connectivity index (χ0n) is 14.8. The van der Waals surface area contributed by atoms with E-state index in [0.717, 1.165) is 33.0 Å². The molecule has 0 spiro atoms. The van der Waals surface area contributed by atoms with Crippen LogP contribution in [0.4, 0.5) is 0 Å². The number of hydrogen-bond acceptors (Lipinski definition) is 3. The van der Waals surface area contributed by atoms with Crippen LogP contribution in [0.2, 0.25) is 0 Å². The number of aliphatic imine (C=N–C) groups is 1. The lowest BCUT2D eigenvalue weighted by atomic mass is 10.0. The zero-order valence-corrected chi connectivity index (χ0v) is 14.8. The lowest BCUT2D eigenvalue weighted by molar-refractivity contribution is 0.623. The number of benzene rings is 4. The summed E-state index contributed by atoms with van der Waals surface area (Å²) in [5.74, 6) is 1.11. The Hall–Kier alpha value is -3.66. The predicted molar refractivity (Wildman–Crippen MR) is 111 cm³/mol. The lowest BCUT2D eigenvalue weighted by Crippen LogP contribution is -2.12. The van der Waals surface area contributed by atoms with Gasteiger partial charge >= 0.3 is 0 Å². The number of rotatable bonds is 2. The highest BCUT2D eigenvalue weighted by atomic mass is 16.3. The molecular formula is C23H17N3O. The van der Waals surface area contributed by atoms with E-state index in [2.05, 4.69) is 41.4 Å². The Morgan fingerprint density at radius 3 is 2.07 bits per heavy atom. The van der Waals surface area contributed by atoms with Crippen molar-refractivity contribution in [3.8, 4) is 11.5 Å². The quantitative estimate of drug-likeness (QED) is 0.272. The molecule has 4 heteroatoms. The van der Waals surface area contributed by atoms with E-state index in [0.29, 0.717) is 11.7 Å². The van der Waals surface area contributed by atoms with Gasteiger partial charge in [-0.3, -0.25) is 4.99 Å². The number of fused-ring (bicyclic) bond motifs is 6. The summed E-state index contributed by atoms with van der Waals surface area (Å²) >= 11 is 0. The molecule has 0 fully saturated rings. The van der Waals surface area contributed by atoms with Gasteiger partial charge in [-0.1, -0.05) is 60.7 Å². The van der Waals surface area contributed by atoms with Crippen LogP contribution in [-0.4, -0.2) is 17.9 Å². The summed E-state index contributed by atoms with van der Waals surface area (Å²) in [5.41, 5.74) is 9.38. The smallest absolute Gasteiger partial charge is 0.227 e. The summed E-state index contributed by atoms with van der Waals surface area (Å²) < 4.78 is 6.23. The molecule has 1 aromatic heterocycles. The van der Waals surface area contributed by atoms with Gasteiger partial charge in [0, 0.05) is 28.9 Å². The summed E-state index contributed by atoms with van der Waals surface area (Å²) in [5, 5.41) is 4.53. The molecule has 0 radical (unpaired) electrons. The van der Waals surface area contributed by atoms with Crippen molar-refractivity contribution < 1.29 is 4.42 Å². The van der Waals surface area contributed by atoms with Gasteiger partial charge in [-0.05, 0) is 22.9 Å². The number of nitrogens with zero attached hydrogens (tertiary/aromatic N) is 2. The summed E-state index contributed by atoms with van der Waals surface area (Å²) in [6.45, 7) is 0. The summed E-state index contributed by atoms with van der Waals surface area (Å²) in [7, 11) is 1.68. The fourth-order valence-electron chi connectivity index (χ4n) is 3.56. The van der Waals surface area contributed by atoms with Gasteiger partial charge in [-0.15, -0.1) is 0 Å². The van der Waals surface area contributed by atoms with E-state index < -0.39 is 0 Å². The first kappa shape index (κ1) is 15.6. The number of oxazole rings is 1. The molecule has 130 valence electrons. The van der Waals surface area contributed by atoms with Crippen LogP contribution in [0.3, 0.4) is 0 Å². The van der Waals surface area contributed by atoms with Crippen LogP contribution in [-0.2, 0) is 0 Å². The minimum atomic E-state index is 0.510. The Labute approximate surface area is 156 Å². The Balaban J connectivity index is 1.79. The highest BCUT2D eigenvalue weighted by Gasteiger charge is 2.15. The van der Waals surface area contributed by atoms with Crippen molar-refractivity contribution in [2.75, 3.05) is 7.05 Å².